The number of anilines is 1. The summed E-state index contributed by atoms with van der Waals surface area (Å²) in [6.45, 7) is 3.73. The van der Waals surface area contributed by atoms with Crippen molar-refractivity contribution in [2.45, 2.75) is 19.9 Å². The second-order valence-electron chi connectivity index (χ2n) is 5.26. The molecule has 110 valence electrons. The van der Waals surface area contributed by atoms with E-state index in [0.29, 0.717) is 16.8 Å². The van der Waals surface area contributed by atoms with Gasteiger partial charge >= 0.3 is 0 Å². The van der Waals surface area contributed by atoms with Gasteiger partial charge in [0.05, 0.1) is 6.04 Å². The molecule has 0 spiro atoms. The summed E-state index contributed by atoms with van der Waals surface area (Å²) < 4.78 is 0. The van der Waals surface area contributed by atoms with Crippen molar-refractivity contribution in [3.8, 4) is 5.75 Å². The summed E-state index contributed by atoms with van der Waals surface area (Å²) in [4.78, 5) is 14.2. The summed E-state index contributed by atoms with van der Waals surface area (Å²) >= 11 is 0. The lowest BCUT2D eigenvalue weighted by Crippen LogP contribution is -2.29. The molecule has 0 aromatic heterocycles. The topological polar surface area (TPSA) is 66.6 Å². The maximum absolute atomic E-state index is 12.5. The predicted molar refractivity (Wildman–Crippen MR) is 84.2 cm³/mol. The Hall–Kier alpha value is -2.49. The lowest BCUT2D eigenvalue weighted by Gasteiger charge is -2.26. The molecule has 1 amide bonds. The first-order valence-electron chi connectivity index (χ1n) is 6.82. The number of phenols is 1. The van der Waals surface area contributed by atoms with Crippen LogP contribution in [0, 0.1) is 6.92 Å². The van der Waals surface area contributed by atoms with Crippen molar-refractivity contribution < 1.29 is 9.90 Å². The van der Waals surface area contributed by atoms with Gasteiger partial charge < -0.3 is 15.7 Å². The first-order valence-corrected chi connectivity index (χ1v) is 6.82. The molecule has 2 aromatic carbocycles. The normalized spacial score (nSPS) is 12.0. The monoisotopic (exact) mass is 284 g/mol. The average Bonchev–Trinajstić information content (AvgIpc) is 2.47. The standard InChI is InChI=1S/C17H20N2O2/c1-11-9-14(7-8-16(11)20)17(21)19(3)12(2)13-5-4-6-15(18)10-13/h4-10,12,20H,18H2,1-3H3. The Morgan fingerprint density at radius 2 is 1.95 bits per heavy atom. The van der Waals surface area contributed by atoms with Crippen LogP contribution in [0.3, 0.4) is 0 Å². The Morgan fingerprint density at radius 3 is 2.57 bits per heavy atom. The van der Waals surface area contributed by atoms with Crippen LogP contribution in [0.4, 0.5) is 5.69 Å². The maximum atomic E-state index is 12.5. The molecule has 1 unspecified atom stereocenters. The number of rotatable bonds is 3. The molecule has 0 aliphatic rings. The Bertz CT molecular complexity index is 668. The van der Waals surface area contributed by atoms with Gasteiger partial charge in [0.1, 0.15) is 5.75 Å². The van der Waals surface area contributed by atoms with E-state index in [1.807, 2.05) is 31.2 Å². The van der Waals surface area contributed by atoms with Gasteiger partial charge in [-0.2, -0.15) is 0 Å². The first kappa shape index (κ1) is 14.9. The van der Waals surface area contributed by atoms with Gasteiger partial charge in [0, 0.05) is 18.3 Å². The van der Waals surface area contributed by atoms with E-state index in [1.54, 1.807) is 37.1 Å². The van der Waals surface area contributed by atoms with E-state index < -0.39 is 0 Å². The zero-order valence-corrected chi connectivity index (χ0v) is 12.5. The highest BCUT2D eigenvalue weighted by molar-refractivity contribution is 5.94. The molecule has 3 N–H and O–H groups in total. The Labute approximate surface area is 124 Å². The highest BCUT2D eigenvalue weighted by Gasteiger charge is 2.19. The zero-order chi connectivity index (χ0) is 15.6. The molecule has 0 fully saturated rings. The van der Waals surface area contributed by atoms with Gasteiger partial charge in [-0.3, -0.25) is 4.79 Å². The van der Waals surface area contributed by atoms with Crippen molar-refractivity contribution in [3.63, 3.8) is 0 Å². The van der Waals surface area contributed by atoms with Crippen LogP contribution in [0.25, 0.3) is 0 Å². The molecule has 0 radical (unpaired) electrons. The predicted octanol–water partition coefficient (Wildman–Crippen LogP) is 3.12. The fraction of sp³-hybridized carbons (Fsp3) is 0.235. The average molecular weight is 284 g/mol. The molecule has 2 aromatic rings. The molecule has 0 saturated heterocycles. The number of amides is 1. The van der Waals surface area contributed by atoms with Gasteiger partial charge in [0.15, 0.2) is 0 Å². The van der Waals surface area contributed by atoms with Gasteiger partial charge in [0.25, 0.3) is 5.91 Å². The van der Waals surface area contributed by atoms with E-state index >= 15 is 0 Å². The van der Waals surface area contributed by atoms with Crippen LogP contribution in [-0.4, -0.2) is 23.0 Å². The molecule has 4 nitrogen and oxygen atoms in total. The zero-order valence-electron chi connectivity index (χ0n) is 12.5. The lowest BCUT2D eigenvalue weighted by molar-refractivity contribution is 0.0742. The minimum absolute atomic E-state index is 0.0879. The number of aryl methyl sites for hydroxylation is 1. The highest BCUT2D eigenvalue weighted by atomic mass is 16.3. The Morgan fingerprint density at radius 1 is 1.24 bits per heavy atom. The van der Waals surface area contributed by atoms with E-state index in [4.69, 9.17) is 5.73 Å². The summed E-state index contributed by atoms with van der Waals surface area (Å²) in [6.07, 6.45) is 0. The highest BCUT2D eigenvalue weighted by Crippen LogP contribution is 2.24. The van der Waals surface area contributed by atoms with Crippen LogP contribution in [0.5, 0.6) is 5.75 Å². The maximum Gasteiger partial charge on any atom is 0.254 e. The third-order valence-electron chi connectivity index (χ3n) is 3.74. The van der Waals surface area contributed by atoms with E-state index in [-0.39, 0.29) is 17.7 Å². The van der Waals surface area contributed by atoms with Gasteiger partial charge in [0.2, 0.25) is 0 Å². The second-order valence-corrected chi connectivity index (χ2v) is 5.26. The molecule has 0 saturated carbocycles. The van der Waals surface area contributed by atoms with Crippen molar-refractivity contribution in [3.05, 3.63) is 59.2 Å². The number of benzene rings is 2. The summed E-state index contributed by atoms with van der Waals surface area (Å²) in [5.74, 6) is 0.103. The quantitative estimate of drug-likeness (QED) is 0.851. The molecule has 2 rings (SSSR count). The van der Waals surface area contributed by atoms with Crippen molar-refractivity contribution in [1.82, 2.24) is 4.90 Å². The molecular weight excluding hydrogens is 264 g/mol. The number of carbonyl (C=O) groups excluding carboxylic acids is 1. The number of nitrogen functional groups attached to an aromatic ring is 1. The summed E-state index contributed by atoms with van der Waals surface area (Å²) in [7, 11) is 1.76. The van der Waals surface area contributed by atoms with Crippen molar-refractivity contribution in [2.24, 2.45) is 0 Å². The number of phenolic OH excluding ortho intramolecular Hbond substituents is 1. The minimum Gasteiger partial charge on any atom is -0.508 e. The van der Waals surface area contributed by atoms with Crippen LogP contribution in [0.1, 0.15) is 34.5 Å². The van der Waals surface area contributed by atoms with Crippen molar-refractivity contribution in [2.75, 3.05) is 12.8 Å². The van der Waals surface area contributed by atoms with Crippen LogP contribution in [0.2, 0.25) is 0 Å². The molecule has 0 heterocycles. The van der Waals surface area contributed by atoms with E-state index in [1.165, 1.54) is 0 Å². The van der Waals surface area contributed by atoms with Crippen molar-refractivity contribution >= 4 is 11.6 Å². The van der Waals surface area contributed by atoms with Gasteiger partial charge in [-0.1, -0.05) is 12.1 Å². The third-order valence-corrected chi connectivity index (χ3v) is 3.74. The third kappa shape index (κ3) is 3.16. The molecule has 0 bridgehead atoms. The fourth-order valence-electron chi connectivity index (χ4n) is 2.21. The number of nitrogens with two attached hydrogens (primary N) is 1. The van der Waals surface area contributed by atoms with Crippen LogP contribution < -0.4 is 5.73 Å². The minimum atomic E-state index is -0.0898. The summed E-state index contributed by atoms with van der Waals surface area (Å²) in [5, 5.41) is 9.54. The SMILES string of the molecule is Cc1cc(C(=O)N(C)C(C)c2cccc(N)c2)ccc1O. The Kier molecular flexibility index (Phi) is 4.17. The Balaban J connectivity index is 2.24. The number of nitrogens with zero attached hydrogens (tertiary/aromatic N) is 1. The van der Waals surface area contributed by atoms with E-state index in [0.717, 1.165) is 5.56 Å². The first-order chi connectivity index (χ1) is 9.90. The molecule has 0 aliphatic heterocycles. The second kappa shape index (κ2) is 5.87. The smallest absolute Gasteiger partial charge is 0.254 e. The van der Waals surface area contributed by atoms with Gasteiger partial charge in [-0.25, -0.2) is 0 Å². The molecule has 1 atom stereocenters. The summed E-state index contributed by atoms with van der Waals surface area (Å²) in [6, 6.07) is 12.3. The van der Waals surface area contributed by atoms with Crippen LogP contribution >= 0.6 is 0 Å². The largest absolute Gasteiger partial charge is 0.508 e. The summed E-state index contributed by atoms with van der Waals surface area (Å²) in [5.41, 5.74) is 8.70. The number of carbonyl (C=O) groups is 1. The fourth-order valence-corrected chi connectivity index (χ4v) is 2.21. The van der Waals surface area contributed by atoms with Gasteiger partial charge in [-0.15, -0.1) is 0 Å². The van der Waals surface area contributed by atoms with Crippen molar-refractivity contribution in [1.29, 1.82) is 0 Å². The number of hydrogen-bond acceptors (Lipinski definition) is 3. The molecular formula is C17H20N2O2. The van der Waals surface area contributed by atoms with E-state index in [9.17, 15) is 9.90 Å². The van der Waals surface area contributed by atoms with Gasteiger partial charge in [-0.05, 0) is 55.3 Å². The molecule has 4 heteroatoms. The van der Waals surface area contributed by atoms with E-state index in [2.05, 4.69) is 0 Å². The van der Waals surface area contributed by atoms with Crippen LogP contribution in [0.15, 0.2) is 42.5 Å². The molecule has 0 aliphatic carbocycles. The lowest BCUT2D eigenvalue weighted by atomic mass is 10.0. The number of hydrogen-bond donors (Lipinski definition) is 2. The molecule has 21 heavy (non-hydrogen) atoms. The van der Waals surface area contributed by atoms with Crippen LogP contribution in [-0.2, 0) is 0 Å². The number of aromatic hydroxyl groups is 1.